The van der Waals surface area contributed by atoms with Gasteiger partial charge in [-0.15, -0.1) is 0 Å². The van der Waals surface area contributed by atoms with Crippen LogP contribution in [0, 0.1) is 0 Å². The summed E-state index contributed by atoms with van der Waals surface area (Å²) in [5.41, 5.74) is 1.93. The molecule has 1 aromatic rings. The fraction of sp³-hybridized carbons (Fsp3) is 0.667. The van der Waals surface area contributed by atoms with Crippen LogP contribution in [0.3, 0.4) is 0 Å². The number of likely N-dealkylation sites (N-methyl/N-ethyl adjacent to an activating group) is 1. The second-order valence-electron chi connectivity index (χ2n) is 6.33. The Hall–Kier alpha value is -1.54. The highest BCUT2D eigenvalue weighted by Gasteiger charge is 2.33. The molecular formula is C15H22N4O3S. The van der Waals surface area contributed by atoms with Crippen molar-refractivity contribution in [1.29, 1.82) is 0 Å². The average Bonchev–Trinajstić information content (AvgIpc) is 3.09. The maximum atomic E-state index is 12.5. The van der Waals surface area contributed by atoms with E-state index in [1.165, 1.54) is 0 Å². The molecule has 8 heteroatoms. The van der Waals surface area contributed by atoms with Crippen LogP contribution in [0.25, 0.3) is 0 Å². The van der Waals surface area contributed by atoms with Gasteiger partial charge in [0.05, 0.1) is 30.3 Å². The van der Waals surface area contributed by atoms with Crippen molar-refractivity contribution in [3.05, 3.63) is 23.3 Å². The van der Waals surface area contributed by atoms with Crippen molar-refractivity contribution in [2.75, 3.05) is 25.1 Å². The Labute approximate surface area is 136 Å². The zero-order valence-corrected chi connectivity index (χ0v) is 14.3. The molecule has 0 unspecified atom stereocenters. The lowest BCUT2D eigenvalue weighted by atomic mass is 10.2. The molecule has 0 spiro atoms. The highest BCUT2D eigenvalue weighted by molar-refractivity contribution is 7.91. The van der Waals surface area contributed by atoms with Gasteiger partial charge in [-0.2, -0.15) is 0 Å². The van der Waals surface area contributed by atoms with Crippen LogP contribution in [0.1, 0.15) is 30.4 Å². The van der Waals surface area contributed by atoms with E-state index in [2.05, 4.69) is 9.97 Å². The Bertz CT molecular complexity index is 719. The molecule has 1 atom stereocenters. The molecular weight excluding hydrogens is 316 g/mol. The summed E-state index contributed by atoms with van der Waals surface area (Å²) in [5.74, 6) is 1.18. The molecule has 0 N–H and O–H groups in total. The molecule has 1 saturated heterocycles. The highest BCUT2D eigenvalue weighted by Crippen LogP contribution is 2.21. The fourth-order valence-electron chi connectivity index (χ4n) is 3.11. The first-order chi connectivity index (χ1) is 10.9. The van der Waals surface area contributed by atoms with Crippen LogP contribution >= 0.6 is 0 Å². The van der Waals surface area contributed by atoms with Gasteiger partial charge in [0.15, 0.2) is 9.84 Å². The molecule has 0 bridgehead atoms. The molecule has 3 heterocycles. The van der Waals surface area contributed by atoms with E-state index in [9.17, 15) is 13.2 Å². The van der Waals surface area contributed by atoms with Gasteiger partial charge in [0.2, 0.25) is 5.91 Å². The standard InChI is InChI=1S/C15H22N4O3S/c1-3-14-16-6-11-7-19(8-13(11)17-14)15(20)9-18(2)12-4-5-23(21,22)10-12/h6,12H,3-5,7-10H2,1-2H3/t12-/m0/s1. The van der Waals surface area contributed by atoms with Crippen molar-refractivity contribution in [2.45, 2.75) is 38.9 Å². The lowest BCUT2D eigenvalue weighted by molar-refractivity contribution is -0.133. The Morgan fingerprint density at radius 2 is 2.22 bits per heavy atom. The van der Waals surface area contributed by atoms with Gasteiger partial charge in [0, 0.05) is 30.8 Å². The zero-order chi connectivity index (χ0) is 16.6. The summed E-state index contributed by atoms with van der Waals surface area (Å²) in [4.78, 5) is 24.9. The third-order valence-corrected chi connectivity index (χ3v) is 6.34. The third kappa shape index (κ3) is 3.53. The molecule has 7 nitrogen and oxygen atoms in total. The van der Waals surface area contributed by atoms with E-state index in [1.807, 2.05) is 25.1 Å². The summed E-state index contributed by atoms with van der Waals surface area (Å²) < 4.78 is 23.1. The van der Waals surface area contributed by atoms with E-state index >= 15 is 0 Å². The second kappa shape index (κ2) is 6.16. The maximum absolute atomic E-state index is 12.5. The van der Waals surface area contributed by atoms with E-state index in [1.54, 1.807) is 4.90 Å². The largest absolute Gasteiger partial charge is 0.331 e. The lowest BCUT2D eigenvalue weighted by Gasteiger charge is -2.25. The molecule has 0 aromatic carbocycles. The average molecular weight is 338 g/mol. The Morgan fingerprint density at radius 1 is 1.43 bits per heavy atom. The molecule has 0 aliphatic carbocycles. The molecule has 23 heavy (non-hydrogen) atoms. The predicted octanol–water partition coefficient (Wildman–Crippen LogP) is 0.000100. The number of hydrogen-bond acceptors (Lipinski definition) is 6. The summed E-state index contributed by atoms with van der Waals surface area (Å²) in [6.45, 7) is 3.29. The molecule has 0 saturated carbocycles. The number of carbonyl (C=O) groups is 1. The predicted molar refractivity (Wildman–Crippen MR) is 85.4 cm³/mol. The van der Waals surface area contributed by atoms with Gasteiger partial charge in [0.25, 0.3) is 0 Å². The van der Waals surface area contributed by atoms with Gasteiger partial charge in [-0.3, -0.25) is 9.69 Å². The topological polar surface area (TPSA) is 83.5 Å². The van der Waals surface area contributed by atoms with Crippen molar-refractivity contribution < 1.29 is 13.2 Å². The third-order valence-electron chi connectivity index (χ3n) is 4.59. The van der Waals surface area contributed by atoms with Crippen LogP contribution in [0.2, 0.25) is 0 Å². The van der Waals surface area contributed by atoms with Gasteiger partial charge >= 0.3 is 0 Å². The van der Waals surface area contributed by atoms with Gasteiger partial charge in [-0.1, -0.05) is 6.92 Å². The van der Waals surface area contributed by atoms with Gasteiger partial charge < -0.3 is 4.90 Å². The van der Waals surface area contributed by atoms with E-state index in [0.717, 1.165) is 23.5 Å². The molecule has 2 aliphatic heterocycles. The summed E-state index contributed by atoms with van der Waals surface area (Å²) in [6, 6.07) is -0.0552. The lowest BCUT2D eigenvalue weighted by Crippen LogP contribution is -2.41. The van der Waals surface area contributed by atoms with Crippen molar-refractivity contribution in [1.82, 2.24) is 19.8 Å². The smallest absolute Gasteiger partial charge is 0.237 e. The van der Waals surface area contributed by atoms with Crippen LogP contribution in [-0.2, 0) is 34.1 Å². The number of fused-ring (bicyclic) bond motifs is 1. The maximum Gasteiger partial charge on any atom is 0.237 e. The molecule has 1 aromatic heterocycles. The van der Waals surface area contributed by atoms with Gasteiger partial charge in [-0.25, -0.2) is 18.4 Å². The van der Waals surface area contributed by atoms with Gasteiger partial charge in [-0.05, 0) is 13.5 Å². The molecule has 0 radical (unpaired) electrons. The Balaban J connectivity index is 1.60. The number of amides is 1. The minimum Gasteiger partial charge on any atom is -0.331 e. The van der Waals surface area contributed by atoms with Crippen molar-refractivity contribution in [3.63, 3.8) is 0 Å². The number of carbonyl (C=O) groups excluding carboxylic acids is 1. The number of hydrogen-bond donors (Lipinski definition) is 0. The molecule has 126 valence electrons. The molecule has 2 aliphatic rings. The van der Waals surface area contributed by atoms with Crippen molar-refractivity contribution in [3.8, 4) is 0 Å². The van der Waals surface area contributed by atoms with E-state index in [0.29, 0.717) is 19.5 Å². The van der Waals surface area contributed by atoms with Crippen LogP contribution in [0.4, 0.5) is 0 Å². The zero-order valence-electron chi connectivity index (χ0n) is 13.5. The monoisotopic (exact) mass is 338 g/mol. The first-order valence-corrected chi connectivity index (χ1v) is 9.72. The minimum atomic E-state index is -2.93. The number of sulfone groups is 1. The number of rotatable bonds is 4. The van der Waals surface area contributed by atoms with E-state index in [4.69, 9.17) is 0 Å². The van der Waals surface area contributed by atoms with Crippen LogP contribution in [-0.4, -0.2) is 65.2 Å². The first-order valence-electron chi connectivity index (χ1n) is 7.90. The van der Waals surface area contributed by atoms with Crippen LogP contribution < -0.4 is 0 Å². The van der Waals surface area contributed by atoms with E-state index < -0.39 is 9.84 Å². The van der Waals surface area contributed by atoms with Crippen molar-refractivity contribution in [2.24, 2.45) is 0 Å². The fourth-order valence-corrected chi connectivity index (χ4v) is 4.91. The summed E-state index contributed by atoms with van der Waals surface area (Å²) >= 11 is 0. The minimum absolute atomic E-state index is 0.00727. The summed E-state index contributed by atoms with van der Waals surface area (Å²) in [6.07, 6.45) is 3.19. The normalized spacial score (nSPS) is 22.6. The Kier molecular flexibility index (Phi) is 4.37. The van der Waals surface area contributed by atoms with Gasteiger partial charge in [0.1, 0.15) is 5.82 Å². The first kappa shape index (κ1) is 16.3. The number of nitrogens with zero attached hydrogens (tertiary/aromatic N) is 4. The molecule has 3 rings (SSSR count). The summed E-state index contributed by atoms with van der Waals surface area (Å²) in [5, 5.41) is 0. The SMILES string of the molecule is CCc1ncc2c(n1)CN(C(=O)CN(C)[C@H]1CCS(=O)(=O)C1)C2. The quantitative estimate of drug-likeness (QED) is 0.768. The second-order valence-corrected chi connectivity index (χ2v) is 8.56. The van der Waals surface area contributed by atoms with Crippen LogP contribution in [0.15, 0.2) is 6.20 Å². The van der Waals surface area contributed by atoms with Crippen molar-refractivity contribution >= 4 is 15.7 Å². The number of aromatic nitrogens is 2. The highest BCUT2D eigenvalue weighted by atomic mass is 32.2. The molecule has 1 fully saturated rings. The molecule has 1 amide bonds. The number of aryl methyl sites for hydroxylation is 1. The summed E-state index contributed by atoms with van der Waals surface area (Å²) in [7, 11) is -1.11. The van der Waals surface area contributed by atoms with E-state index in [-0.39, 0.29) is 30.0 Å². The Morgan fingerprint density at radius 3 is 2.87 bits per heavy atom. The van der Waals surface area contributed by atoms with Crippen LogP contribution in [0.5, 0.6) is 0 Å².